The molecule has 0 heterocycles. The molecule has 0 aliphatic carbocycles. The monoisotopic (exact) mass is 282 g/mol. The highest BCUT2D eigenvalue weighted by Gasteiger charge is 2.03. The molecule has 0 aliphatic rings. The zero-order chi connectivity index (χ0) is 14.9. The van der Waals surface area contributed by atoms with Crippen molar-refractivity contribution in [2.45, 2.75) is 76.9 Å². The molecule has 0 aromatic heterocycles. The summed E-state index contributed by atoms with van der Waals surface area (Å²) in [5.41, 5.74) is 0. The second-order valence-electron chi connectivity index (χ2n) is 5.32. The van der Waals surface area contributed by atoms with Gasteiger partial charge in [0.25, 0.3) is 0 Å². The molecule has 0 saturated heterocycles. The molecule has 0 radical (unpaired) electrons. The van der Waals surface area contributed by atoms with Crippen LogP contribution in [-0.4, -0.2) is 20.5 Å². The molecule has 0 aliphatic heterocycles. The van der Waals surface area contributed by atoms with Crippen molar-refractivity contribution in [2.75, 3.05) is 14.2 Å². The van der Waals surface area contributed by atoms with Crippen molar-refractivity contribution in [1.29, 1.82) is 0 Å². The van der Waals surface area contributed by atoms with E-state index >= 15 is 0 Å². The maximum absolute atomic E-state index is 5.17. The second kappa shape index (κ2) is 16.5. The van der Waals surface area contributed by atoms with E-state index in [9.17, 15) is 0 Å². The summed E-state index contributed by atoms with van der Waals surface area (Å²) in [5.74, 6) is 0. The minimum atomic E-state index is -0.00913. The fraction of sp³-hybridized carbons (Fsp3) is 0.778. The topological polar surface area (TPSA) is 18.5 Å². The van der Waals surface area contributed by atoms with Crippen LogP contribution in [0.5, 0.6) is 0 Å². The van der Waals surface area contributed by atoms with Gasteiger partial charge in [0.05, 0.1) is 0 Å². The maximum Gasteiger partial charge on any atom is 0.156 e. The number of unbranched alkanes of at least 4 members (excludes halogenated alkanes) is 9. The minimum Gasteiger partial charge on any atom is -0.356 e. The molecule has 0 unspecified atom stereocenters. The van der Waals surface area contributed by atoms with E-state index in [1.54, 1.807) is 14.2 Å². The maximum atomic E-state index is 5.17. The Morgan fingerprint density at radius 1 is 0.800 bits per heavy atom. The van der Waals surface area contributed by atoms with Gasteiger partial charge in [-0.15, -0.1) is 0 Å². The normalized spacial score (nSPS) is 11.6. The summed E-state index contributed by atoms with van der Waals surface area (Å²) in [6.07, 6.45) is 20.4. The Morgan fingerprint density at radius 3 is 1.80 bits per heavy atom. The van der Waals surface area contributed by atoms with E-state index in [2.05, 4.69) is 12.7 Å². The number of allylic oxidation sites excluding steroid dienone is 3. The fourth-order valence-electron chi connectivity index (χ4n) is 2.34. The van der Waals surface area contributed by atoms with Gasteiger partial charge in [0, 0.05) is 14.2 Å². The van der Waals surface area contributed by atoms with Crippen LogP contribution in [0.4, 0.5) is 0 Å². The molecular formula is C18H34O2. The Hall–Kier alpha value is -0.600. The van der Waals surface area contributed by atoms with Gasteiger partial charge >= 0.3 is 0 Å². The molecule has 0 aromatic carbocycles. The lowest BCUT2D eigenvalue weighted by Gasteiger charge is -2.12. The minimum absolute atomic E-state index is 0.00913. The highest BCUT2D eigenvalue weighted by atomic mass is 16.7. The van der Waals surface area contributed by atoms with Crippen molar-refractivity contribution in [3.05, 3.63) is 24.8 Å². The second-order valence-corrected chi connectivity index (χ2v) is 5.32. The van der Waals surface area contributed by atoms with Crippen molar-refractivity contribution in [3.8, 4) is 0 Å². The zero-order valence-corrected chi connectivity index (χ0v) is 13.6. The lowest BCUT2D eigenvalue weighted by Crippen LogP contribution is -2.12. The summed E-state index contributed by atoms with van der Waals surface area (Å²) in [6.45, 7) is 3.67. The van der Waals surface area contributed by atoms with E-state index in [-0.39, 0.29) is 6.29 Å². The molecule has 0 aromatic rings. The van der Waals surface area contributed by atoms with Crippen LogP contribution < -0.4 is 0 Å². The Morgan fingerprint density at radius 2 is 1.30 bits per heavy atom. The first kappa shape index (κ1) is 19.4. The molecule has 0 N–H and O–H groups in total. The third-order valence-electron chi connectivity index (χ3n) is 3.61. The summed E-state index contributed by atoms with van der Waals surface area (Å²) in [6, 6.07) is 0. The van der Waals surface area contributed by atoms with Crippen LogP contribution in [0.3, 0.4) is 0 Å². The Bertz CT molecular complexity index is 219. The van der Waals surface area contributed by atoms with Gasteiger partial charge in [-0.3, -0.25) is 0 Å². The van der Waals surface area contributed by atoms with Crippen LogP contribution in [0.1, 0.15) is 70.6 Å². The lowest BCUT2D eigenvalue weighted by molar-refractivity contribution is -0.107. The van der Waals surface area contributed by atoms with Crippen LogP contribution in [0.25, 0.3) is 0 Å². The van der Waals surface area contributed by atoms with E-state index in [0.717, 1.165) is 6.42 Å². The molecule has 118 valence electrons. The molecule has 2 heteroatoms. The number of ether oxygens (including phenoxy) is 2. The van der Waals surface area contributed by atoms with Gasteiger partial charge in [0.15, 0.2) is 6.29 Å². The van der Waals surface area contributed by atoms with Crippen molar-refractivity contribution < 1.29 is 9.47 Å². The molecular weight excluding hydrogens is 248 g/mol. The first-order chi connectivity index (χ1) is 9.85. The van der Waals surface area contributed by atoms with Crippen LogP contribution in [0.2, 0.25) is 0 Å². The predicted molar refractivity (Wildman–Crippen MR) is 87.9 cm³/mol. The third kappa shape index (κ3) is 13.8. The lowest BCUT2D eigenvalue weighted by atomic mass is 10.1. The third-order valence-corrected chi connectivity index (χ3v) is 3.61. The average molecular weight is 282 g/mol. The summed E-state index contributed by atoms with van der Waals surface area (Å²) < 4.78 is 10.3. The number of rotatable bonds is 15. The van der Waals surface area contributed by atoms with Gasteiger partial charge in [0.2, 0.25) is 0 Å². The predicted octanol–water partition coefficient (Wildman–Crippen LogP) is 5.64. The summed E-state index contributed by atoms with van der Waals surface area (Å²) in [5, 5.41) is 0. The zero-order valence-electron chi connectivity index (χ0n) is 13.6. The molecule has 0 rings (SSSR count). The number of methoxy groups -OCH3 is 2. The molecule has 0 fully saturated rings. The van der Waals surface area contributed by atoms with Crippen molar-refractivity contribution >= 4 is 0 Å². The molecule has 20 heavy (non-hydrogen) atoms. The first-order valence-electron chi connectivity index (χ1n) is 8.18. The van der Waals surface area contributed by atoms with Crippen molar-refractivity contribution in [1.82, 2.24) is 0 Å². The molecule has 0 spiro atoms. The van der Waals surface area contributed by atoms with Gasteiger partial charge in [-0.2, -0.15) is 0 Å². The smallest absolute Gasteiger partial charge is 0.156 e. The number of hydrogen-bond donors (Lipinski definition) is 0. The van der Waals surface area contributed by atoms with Crippen LogP contribution in [0, 0.1) is 0 Å². The Labute approximate surface area is 126 Å². The molecule has 0 amide bonds. The van der Waals surface area contributed by atoms with E-state index in [0.29, 0.717) is 0 Å². The van der Waals surface area contributed by atoms with Crippen molar-refractivity contribution in [2.24, 2.45) is 0 Å². The summed E-state index contributed by atoms with van der Waals surface area (Å²) in [4.78, 5) is 0. The fourth-order valence-corrected chi connectivity index (χ4v) is 2.34. The van der Waals surface area contributed by atoms with Gasteiger partial charge in [-0.1, -0.05) is 69.8 Å². The molecule has 0 atom stereocenters. The molecule has 0 bridgehead atoms. The van der Waals surface area contributed by atoms with E-state index in [4.69, 9.17) is 9.47 Å². The van der Waals surface area contributed by atoms with E-state index in [1.807, 2.05) is 12.2 Å². The van der Waals surface area contributed by atoms with Crippen LogP contribution in [-0.2, 0) is 9.47 Å². The molecule has 0 saturated carbocycles. The SMILES string of the molecule is C=C/C=C/CCCCCCCCCCCC(OC)OC. The van der Waals surface area contributed by atoms with Gasteiger partial charge in [-0.25, -0.2) is 0 Å². The first-order valence-corrected chi connectivity index (χ1v) is 8.18. The summed E-state index contributed by atoms with van der Waals surface area (Å²) >= 11 is 0. The Balaban J connectivity index is 3.09. The van der Waals surface area contributed by atoms with Crippen molar-refractivity contribution in [3.63, 3.8) is 0 Å². The largest absolute Gasteiger partial charge is 0.356 e. The number of hydrogen-bond acceptors (Lipinski definition) is 2. The summed E-state index contributed by atoms with van der Waals surface area (Å²) in [7, 11) is 3.42. The van der Waals surface area contributed by atoms with Gasteiger partial charge in [0.1, 0.15) is 0 Å². The van der Waals surface area contributed by atoms with E-state index < -0.39 is 0 Å². The quantitative estimate of drug-likeness (QED) is 0.220. The van der Waals surface area contributed by atoms with Gasteiger partial charge in [-0.05, 0) is 25.7 Å². The van der Waals surface area contributed by atoms with E-state index in [1.165, 1.54) is 64.2 Å². The highest BCUT2D eigenvalue weighted by Crippen LogP contribution is 2.13. The Kier molecular flexibility index (Phi) is 16.0. The van der Waals surface area contributed by atoms with Crippen LogP contribution >= 0.6 is 0 Å². The highest BCUT2D eigenvalue weighted by molar-refractivity contribution is 4.96. The van der Waals surface area contributed by atoms with Crippen LogP contribution in [0.15, 0.2) is 24.8 Å². The molecule has 2 nitrogen and oxygen atoms in total. The standard InChI is InChI=1S/C18H34O2/c1-4-5-6-7-8-9-10-11-12-13-14-15-16-17-18(19-2)20-3/h4-6,18H,1,7-17H2,2-3H3/b6-5+. The average Bonchev–Trinajstić information content (AvgIpc) is 2.48. The van der Waals surface area contributed by atoms with Gasteiger partial charge < -0.3 is 9.47 Å².